The molecule has 0 fully saturated rings. The lowest BCUT2D eigenvalue weighted by molar-refractivity contribution is -0.870. The number of nitrogens with zero attached hydrogens (tertiary/aromatic N) is 1. The summed E-state index contributed by atoms with van der Waals surface area (Å²) >= 11 is 0. The van der Waals surface area contributed by atoms with Crippen molar-refractivity contribution in [2.45, 2.75) is 0 Å². The van der Waals surface area contributed by atoms with Gasteiger partial charge in [-0.25, -0.2) is 0 Å². The molecule has 0 radical (unpaired) electrons. The van der Waals surface area contributed by atoms with Crippen molar-refractivity contribution in [3.63, 3.8) is 0 Å². The van der Waals surface area contributed by atoms with Crippen LogP contribution in [0.2, 0.25) is 0 Å². The van der Waals surface area contributed by atoms with E-state index in [9.17, 15) is 4.89 Å². The lowest BCUT2D eigenvalue weighted by Crippen LogP contribution is -2.37. The predicted molar refractivity (Wildman–Crippen MR) is 51.0 cm³/mol. The van der Waals surface area contributed by atoms with Crippen molar-refractivity contribution in [1.82, 2.24) is 0 Å². The Morgan fingerprint density at radius 3 is 2.18 bits per heavy atom. The fourth-order valence-corrected chi connectivity index (χ4v) is 0.986. The highest BCUT2D eigenvalue weighted by Crippen LogP contribution is 2.35. The van der Waals surface area contributed by atoms with Crippen molar-refractivity contribution < 1.29 is 13.9 Å². The molecular formula is C7H19NO2P+. The summed E-state index contributed by atoms with van der Waals surface area (Å²) in [5.74, 6) is 0. The van der Waals surface area contributed by atoms with E-state index < -0.39 is 7.34 Å². The van der Waals surface area contributed by atoms with E-state index in [0.29, 0.717) is 6.61 Å². The zero-order valence-electron chi connectivity index (χ0n) is 7.87. The number of rotatable bonds is 4. The third-order valence-electron chi connectivity index (χ3n) is 1.13. The zero-order valence-corrected chi connectivity index (χ0v) is 8.77. The first-order valence-corrected chi connectivity index (χ1v) is 5.88. The number of likely N-dealkylation sites (N-methyl/N-ethyl adjacent to an activating group) is 1. The fraction of sp³-hybridized carbons (Fsp3) is 0.857. The number of hydrogen-bond acceptors (Lipinski definition) is 2. The molecule has 11 heavy (non-hydrogen) atoms. The molecule has 0 aliphatic carbocycles. The molecule has 0 aliphatic heterocycles. The highest BCUT2D eigenvalue weighted by Gasteiger charge is 2.08. The van der Waals surface area contributed by atoms with Crippen LogP contribution in [0.4, 0.5) is 0 Å². The molecule has 68 valence electrons. The summed E-state index contributed by atoms with van der Waals surface area (Å²) < 4.78 is 5.99. The summed E-state index contributed by atoms with van der Waals surface area (Å²) in [5.41, 5.74) is 0. The van der Waals surface area contributed by atoms with E-state index >= 15 is 0 Å². The standard InChI is InChI=1S/C7H19NO2P/c1-8(2,3)6-7-10-11(4,5)9/h9H,4,6-7H2,1-3,5H3/q+1. The van der Waals surface area contributed by atoms with Crippen molar-refractivity contribution in [2.75, 3.05) is 41.0 Å². The molecule has 0 rings (SSSR count). The van der Waals surface area contributed by atoms with Gasteiger partial charge in [-0.2, -0.15) is 0 Å². The third kappa shape index (κ3) is 10.2. The van der Waals surface area contributed by atoms with E-state index in [-0.39, 0.29) is 0 Å². The summed E-state index contributed by atoms with van der Waals surface area (Å²) in [6, 6.07) is 0. The van der Waals surface area contributed by atoms with Crippen molar-refractivity contribution in [2.24, 2.45) is 0 Å². The second kappa shape index (κ2) is 3.72. The van der Waals surface area contributed by atoms with Gasteiger partial charge < -0.3 is 13.9 Å². The van der Waals surface area contributed by atoms with Gasteiger partial charge in [-0.1, -0.05) is 6.30 Å². The van der Waals surface area contributed by atoms with Gasteiger partial charge in [0, 0.05) is 6.66 Å². The molecular weight excluding hydrogens is 161 g/mol. The van der Waals surface area contributed by atoms with Crippen molar-refractivity contribution in [3.05, 3.63) is 0 Å². The fourth-order valence-electron chi connectivity index (χ4n) is 0.511. The van der Waals surface area contributed by atoms with Crippen LogP contribution in [-0.2, 0) is 4.52 Å². The molecule has 0 aliphatic rings. The van der Waals surface area contributed by atoms with Crippen molar-refractivity contribution in [3.8, 4) is 0 Å². The lowest BCUT2D eigenvalue weighted by Gasteiger charge is -2.24. The van der Waals surface area contributed by atoms with Crippen LogP contribution in [-0.4, -0.2) is 56.6 Å². The van der Waals surface area contributed by atoms with Gasteiger partial charge in [0.15, 0.2) is 0 Å². The maximum atomic E-state index is 9.19. The molecule has 0 saturated carbocycles. The minimum atomic E-state index is -2.26. The van der Waals surface area contributed by atoms with Gasteiger partial charge in [-0.15, -0.1) is 0 Å². The molecule has 1 N–H and O–H groups in total. The minimum absolute atomic E-state index is 0.577. The summed E-state index contributed by atoms with van der Waals surface area (Å²) in [6.45, 7) is 3.11. The Balaban J connectivity index is 3.52. The van der Waals surface area contributed by atoms with Crippen LogP contribution >= 0.6 is 7.34 Å². The van der Waals surface area contributed by atoms with E-state index in [4.69, 9.17) is 4.52 Å². The Labute approximate surface area is 69.3 Å². The smallest absolute Gasteiger partial charge is 0.111 e. The van der Waals surface area contributed by atoms with E-state index in [1.54, 1.807) is 6.66 Å². The van der Waals surface area contributed by atoms with Crippen LogP contribution in [0.25, 0.3) is 0 Å². The Morgan fingerprint density at radius 1 is 1.45 bits per heavy atom. The first-order chi connectivity index (χ1) is 4.71. The molecule has 0 spiro atoms. The minimum Gasteiger partial charge on any atom is -0.353 e. The normalized spacial score (nSPS) is 17.9. The highest BCUT2D eigenvalue weighted by atomic mass is 31.2. The van der Waals surface area contributed by atoms with Gasteiger partial charge >= 0.3 is 0 Å². The van der Waals surface area contributed by atoms with Crippen LogP contribution in [0, 0.1) is 0 Å². The molecule has 0 bridgehead atoms. The molecule has 0 heterocycles. The SMILES string of the molecule is C=P(C)(O)OCC[N+](C)(C)C. The molecule has 0 aromatic heterocycles. The van der Waals surface area contributed by atoms with Crippen LogP contribution in [0.5, 0.6) is 0 Å². The monoisotopic (exact) mass is 180 g/mol. The van der Waals surface area contributed by atoms with E-state index in [2.05, 4.69) is 27.4 Å². The number of hydrogen-bond donors (Lipinski definition) is 1. The van der Waals surface area contributed by atoms with Gasteiger partial charge in [-0.05, 0) is 0 Å². The van der Waals surface area contributed by atoms with E-state index in [0.717, 1.165) is 11.0 Å². The maximum absolute atomic E-state index is 9.19. The first kappa shape index (κ1) is 11.2. The van der Waals surface area contributed by atoms with Gasteiger partial charge in [0.1, 0.15) is 20.5 Å². The molecule has 4 heteroatoms. The Morgan fingerprint density at radius 2 is 1.91 bits per heavy atom. The van der Waals surface area contributed by atoms with Gasteiger partial charge in [-0.3, -0.25) is 0 Å². The Kier molecular flexibility index (Phi) is 3.78. The van der Waals surface area contributed by atoms with Crippen molar-refractivity contribution >= 4 is 13.6 Å². The average molecular weight is 180 g/mol. The Hall–Kier alpha value is 0.180. The average Bonchev–Trinajstić information content (AvgIpc) is 1.55. The summed E-state index contributed by atoms with van der Waals surface area (Å²) in [5, 5.41) is 0. The molecule has 0 aromatic rings. The molecule has 0 aromatic carbocycles. The van der Waals surface area contributed by atoms with Crippen LogP contribution in [0.15, 0.2) is 0 Å². The van der Waals surface area contributed by atoms with E-state index in [1.807, 2.05) is 0 Å². The van der Waals surface area contributed by atoms with Gasteiger partial charge in [0.05, 0.1) is 21.1 Å². The van der Waals surface area contributed by atoms with Crippen LogP contribution in [0.1, 0.15) is 0 Å². The molecule has 1 unspecified atom stereocenters. The highest BCUT2D eigenvalue weighted by molar-refractivity contribution is 7.62. The summed E-state index contributed by atoms with van der Waals surface area (Å²) in [6.07, 6.45) is 3.53. The maximum Gasteiger partial charge on any atom is 0.111 e. The predicted octanol–water partition coefficient (Wildman–Crippen LogP) is 0.611. The Bertz CT molecular complexity index is 156. The molecule has 3 nitrogen and oxygen atoms in total. The largest absolute Gasteiger partial charge is 0.353 e. The summed E-state index contributed by atoms with van der Waals surface area (Å²) in [4.78, 5) is 9.19. The first-order valence-electron chi connectivity index (χ1n) is 3.59. The van der Waals surface area contributed by atoms with Crippen LogP contribution in [0.3, 0.4) is 0 Å². The van der Waals surface area contributed by atoms with Gasteiger partial charge in [0.25, 0.3) is 0 Å². The third-order valence-corrected chi connectivity index (χ3v) is 1.87. The van der Waals surface area contributed by atoms with Crippen molar-refractivity contribution in [1.29, 1.82) is 0 Å². The van der Waals surface area contributed by atoms with Gasteiger partial charge in [0.2, 0.25) is 0 Å². The number of quaternary nitrogens is 1. The van der Waals surface area contributed by atoms with E-state index in [1.165, 1.54) is 0 Å². The second-order valence-electron chi connectivity index (χ2n) is 3.90. The molecule has 0 saturated heterocycles. The topological polar surface area (TPSA) is 29.5 Å². The van der Waals surface area contributed by atoms with Crippen LogP contribution < -0.4 is 0 Å². The second-order valence-corrected chi connectivity index (χ2v) is 6.26. The lowest BCUT2D eigenvalue weighted by atomic mass is 10.5. The zero-order chi connectivity index (χ0) is 9.12. The quantitative estimate of drug-likeness (QED) is 0.507. The molecule has 1 atom stereocenters. The summed E-state index contributed by atoms with van der Waals surface area (Å²) in [7, 11) is 3.99. The molecule has 0 amide bonds.